The summed E-state index contributed by atoms with van der Waals surface area (Å²) in [6.07, 6.45) is 0.768. The van der Waals surface area contributed by atoms with Gasteiger partial charge in [0.25, 0.3) is 5.91 Å². The summed E-state index contributed by atoms with van der Waals surface area (Å²) in [4.78, 5) is 12.7. The number of hydrogen-bond acceptors (Lipinski definition) is 3. The van der Waals surface area contributed by atoms with Crippen molar-refractivity contribution in [3.05, 3.63) is 71.8 Å². The van der Waals surface area contributed by atoms with Crippen LogP contribution in [0.25, 0.3) is 10.8 Å². The number of benzene rings is 3. The SMILES string of the molecule is O=C(Nc1ccc2c(c1)B(O)OCC2)c1cccc2ccccc12. The summed E-state index contributed by atoms with van der Waals surface area (Å²) in [6, 6.07) is 19.0. The maximum absolute atomic E-state index is 12.7. The lowest BCUT2D eigenvalue weighted by Crippen LogP contribution is -2.41. The van der Waals surface area contributed by atoms with Crippen molar-refractivity contribution in [2.75, 3.05) is 11.9 Å². The van der Waals surface area contributed by atoms with Gasteiger partial charge in [-0.1, -0.05) is 42.5 Å². The zero-order chi connectivity index (χ0) is 16.5. The summed E-state index contributed by atoms with van der Waals surface area (Å²) >= 11 is 0. The van der Waals surface area contributed by atoms with Crippen LogP contribution in [0.3, 0.4) is 0 Å². The molecule has 118 valence electrons. The van der Waals surface area contributed by atoms with Crippen LogP contribution >= 0.6 is 0 Å². The lowest BCUT2D eigenvalue weighted by molar-refractivity contribution is 0.102. The van der Waals surface area contributed by atoms with Gasteiger partial charge in [-0.15, -0.1) is 0 Å². The fourth-order valence-corrected chi connectivity index (χ4v) is 3.12. The van der Waals surface area contributed by atoms with Crippen LogP contribution in [0.2, 0.25) is 0 Å². The van der Waals surface area contributed by atoms with Gasteiger partial charge in [-0.2, -0.15) is 0 Å². The molecule has 0 saturated carbocycles. The van der Waals surface area contributed by atoms with Gasteiger partial charge in [0, 0.05) is 17.9 Å². The summed E-state index contributed by atoms with van der Waals surface area (Å²) in [5.74, 6) is -0.169. The van der Waals surface area contributed by atoms with E-state index in [1.807, 2.05) is 54.6 Å². The van der Waals surface area contributed by atoms with Crippen molar-refractivity contribution in [1.82, 2.24) is 0 Å². The number of amides is 1. The van der Waals surface area contributed by atoms with Gasteiger partial charge in [0.2, 0.25) is 0 Å². The molecule has 4 rings (SSSR count). The molecule has 0 aliphatic carbocycles. The lowest BCUT2D eigenvalue weighted by atomic mass is 9.73. The highest BCUT2D eigenvalue weighted by atomic mass is 16.5. The minimum Gasteiger partial charge on any atom is -0.423 e. The Bertz CT molecular complexity index is 920. The van der Waals surface area contributed by atoms with E-state index < -0.39 is 7.12 Å². The molecule has 0 atom stereocenters. The van der Waals surface area contributed by atoms with Crippen molar-refractivity contribution in [2.24, 2.45) is 0 Å². The van der Waals surface area contributed by atoms with Gasteiger partial charge in [0.1, 0.15) is 0 Å². The highest BCUT2D eigenvalue weighted by Crippen LogP contribution is 2.20. The molecular weight excluding hydrogens is 301 g/mol. The Balaban J connectivity index is 1.65. The van der Waals surface area contributed by atoms with Gasteiger partial charge in [0.15, 0.2) is 0 Å². The molecule has 2 N–H and O–H groups in total. The molecule has 5 heteroatoms. The standard InChI is InChI=1S/C19H16BNO3/c22-19(17-7-3-5-13-4-1-2-6-16(13)17)21-15-9-8-14-10-11-24-20(23)18(14)12-15/h1-9,12,23H,10-11H2,(H,21,22). The molecule has 1 amide bonds. The van der Waals surface area contributed by atoms with Gasteiger partial charge in [0.05, 0.1) is 0 Å². The molecule has 0 bridgehead atoms. The van der Waals surface area contributed by atoms with Gasteiger partial charge < -0.3 is 15.0 Å². The smallest absolute Gasteiger partial charge is 0.423 e. The Kier molecular flexibility index (Phi) is 3.80. The third-order valence-electron chi connectivity index (χ3n) is 4.35. The molecule has 1 heterocycles. The summed E-state index contributed by atoms with van der Waals surface area (Å²) in [5.41, 5.74) is 3.05. The van der Waals surface area contributed by atoms with Crippen LogP contribution in [-0.4, -0.2) is 24.7 Å². The van der Waals surface area contributed by atoms with Crippen molar-refractivity contribution in [2.45, 2.75) is 6.42 Å². The second-order valence-corrected chi connectivity index (χ2v) is 5.87. The van der Waals surface area contributed by atoms with Crippen LogP contribution in [0.15, 0.2) is 60.7 Å². The fourth-order valence-electron chi connectivity index (χ4n) is 3.12. The third-order valence-corrected chi connectivity index (χ3v) is 4.35. The first-order valence-corrected chi connectivity index (χ1v) is 7.94. The monoisotopic (exact) mass is 317 g/mol. The topological polar surface area (TPSA) is 58.6 Å². The number of anilines is 1. The average molecular weight is 317 g/mol. The van der Waals surface area contributed by atoms with Gasteiger partial charge in [-0.3, -0.25) is 4.79 Å². The molecule has 0 fully saturated rings. The van der Waals surface area contributed by atoms with E-state index in [0.29, 0.717) is 17.9 Å². The first kappa shape index (κ1) is 14.9. The third kappa shape index (κ3) is 2.68. The van der Waals surface area contributed by atoms with E-state index in [2.05, 4.69) is 5.32 Å². The second kappa shape index (κ2) is 6.11. The van der Waals surface area contributed by atoms with Crippen LogP contribution in [-0.2, 0) is 11.1 Å². The van der Waals surface area contributed by atoms with E-state index >= 15 is 0 Å². The molecule has 4 nitrogen and oxygen atoms in total. The molecule has 1 aliphatic rings. The number of carbonyl (C=O) groups is 1. The maximum Gasteiger partial charge on any atom is 0.491 e. The Morgan fingerprint density at radius 2 is 1.92 bits per heavy atom. The fraction of sp³-hybridized carbons (Fsp3) is 0.105. The Morgan fingerprint density at radius 1 is 1.08 bits per heavy atom. The minimum absolute atomic E-state index is 0.169. The summed E-state index contributed by atoms with van der Waals surface area (Å²) in [7, 11) is -0.928. The molecule has 0 radical (unpaired) electrons. The summed E-state index contributed by atoms with van der Waals surface area (Å²) in [5, 5.41) is 14.8. The molecule has 1 aliphatic heterocycles. The minimum atomic E-state index is -0.928. The number of carbonyl (C=O) groups excluding carboxylic acids is 1. The maximum atomic E-state index is 12.7. The second-order valence-electron chi connectivity index (χ2n) is 5.87. The molecule has 0 aromatic heterocycles. The van der Waals surface area contributed by atoms with E-state index in [1.165, 1.54) is 0 Å². The van der Waals surface area contributed by atoms with Crippen LogP contribution in [0, 0.1) is 0 Å². The molecule has 0 saturated heterocycles. The largest absolute Gasteiger partial charge is 0.491 e. The van der Waals surface area contributed by atoms with Crippen molar-refractivity contribution >= 4 is 34.9 Å². The van der Waals surface area contributed by atoms with Crippen molar-refractivity contribution < 1.29 is 14.5 Å². The first-order valence-electron chi connectivity index (χ1n) is 7.94. The van der Waals surface area contributed by atoms with Gasteiger partial charge in [-0.25, -0.2) is 0 Å². The van der Waals surface area contributed by atoms with Gasteiger partial charge >= 0.3 is 7.12 Å². The van der Waals surface area contributed by atoms with E-state index in [9.17, 15) is 9.82 Å². The summed E-state index contributed by atoms with van der Waals surface area (Å²) in [6.45, 7) is 0.510. The average Bonchev–Trinajstić information content (AvgIpc) is 2.62. The van der Waals surface area contributed by atoms with Crippen LogP contribution in [0.1, 0.15) is 15.9 Å². The molecule has 0 unspecified atom stereocenters. The molecule has 3 aromatic carbocycles. The Hall–Kier alpha value is -2.63. The predicted octanol–water partition coefficient (Wildman–Crippen LogP) is 2.35. The van der Waals surface area contributed by atoms with Crippen molar-refractivity contribution in [3.8, 4) is 0 Å². The predicted molar refractivity (Wildman–Crippen MR) is 95.6 cm³/mol. The zero-order valence-corrected chi connectivity index (χ0v) is 13.0. The number of nitrogens with one attached hydrogen (secondary N) is 1. The van der Waals surface area contributed by atoms with E-state index in [-0.39, 0.29) is 5.91 Å². The van der Waals surface area contributed by atoms with Gasteiger partial charge in [-0.05, 0) is 46.4 Å². The van der Waals surface area contributed by atoms with E-state index in [0.717, 1.165) is 28.2 Å². The van der Waals surface area contributed by atoms with Crippen molar-refractivity contribution in [1.29, 1.82) is 0 Å². The number of hydrogen-bond donors (Lipinski definition) is 2. The van der Waals surface area contributed by atoms with Crippen LogP contribution < -0.4 is 10.8 Å². The van der Waals surface area contributed by atoms with Crippen LogP contribution in [0.4, 0.5) is 5.69 Å². The van der Waals surface area contributed by atoms with E-state index in [1.54, 1.807) is 6.07 Å². The molecule has 3 aromatic rings. The Labute approximate surface area is 140 Å². The zero-order valence-electron chi connectivity index (χ0n) is 13.0. The Morgan fingerprint density at radius 3 is 2.83 bits per heavy atom. The number of fused-ring (bicyclic) bond motifs is 2. The number of rotatable bonds is 2. The first-order chi connectivity index (χ1) is 11.7. The molecule has 0 spiro atoms. The van der Waals surface area contributed by atoms with Crippen molar-refractivity contribution in [3.63, 3.8) is 0 Å². The summed E-state index contributed by atoms with van der Waals surface area (Å²) < 4.78 is 5.25. The van der Waals surface area contributed by atoms with E-state index in [4.69, 9.17) is 4.65 Å². The molecule has 24 heavy (non-hydrogen) atoms. The normalized spacial score (nSPS) is 13.6. The van der Waals surface area contributed by atoms with Crippen LogP contribution in [0.5, 0.6) is 0 Å². The highest BCUT2D eigenvalue weighted by Gasteiger charge is 2.25. The lowest BCUT2D eigenvalue weighted by Gasteiger charge is -2.20. The highest BCUT2D eigenvalue weighted by molar-refractivity contribution is 6.61. The quantitative estimate of drug-likeness (QED) is 0.713. The molecular formula is C19H16BNO3.